The Balaban J connectivity index is 0.00000140. The molecular formula is C19H26Cl3N5O. The van der Waals surface area contributed by atoms with Crippen LogP contribution in [0.4, 0.5) is 0 Å². The average Bonchev–Trinajstić information content (AvgIpc) is 3.01. The lowest BCUT2D eigenvalue weighted by Gasteiger charge is -2.44. The van der Waals surface area contributed by atoms with Crippen LogP contribution in [-0.4, -0.2) is 38.2 Å². The number of nitrogens with zero attached hydrogens (tertiary/aromatic N) is 4. The van der Waals surface area contributed by atoms with Crippen LogP contribution in [0.3, 0.4) is 0 Å². The highest BCUT2D eigenvalue weighted by Crippen LogP contribution is 2.41. The Morgan fingerprint density at radius 2 is 1.93 bits per heavy atom. The number of benzene rings is 1. The number of carbonyl (C=O) groups excluding carboxylic acids is 1. The van der Waals surface area contributed by atoms with Crippen LogP contribution in [-0.2, 0) is 23.3 Å². The van der Waals surface area contributed by atoms with Gasteiger partial charge in [-0.3, -0.25) is 4.79 Å². The van der Waals surface area contributed by atoms with E-state index in [1.165, 1.54) is 5.56 Å². The van der Waals surface area contributed by atoms with Gasteiger partial charge in [0.2, 0.25) is 5.91 Å². The molecule has 2 aliphatic rings. The predicted octanol–water partition coefficient (Wildman–Crippen LogP) is 3.27. The van der Waals surface area contributed by atoms with Gasteiger partial charge in [0, 0.05) is 23.0 Å². The summed E-state index contributed by atoms with van der Waals surface area (Å²) in [5.74, 6) is 1.85. The molecule has 9 heteroatoms. The Bertz CT molecular complexity index is 833. The zero-order valence-electron chi connectivity index (χ0n) is 15.8. The fraction of sp³-hybridized carbons (Fsp3) is 0.526. The van der Waals surface area contributed by atoms with Gasteiger partial charge in [0.1, 0.15) is 12.4 Å². The summed E-state index contributed by atoms with van der Waals surface area (Å²) in [5.41, 5.74) is 7.36. The topological polar surface area (TPSA) is 77.0 Å². The van der Waals surface area contributed by atoms with E-state index in [1.807, 2.05) is 34.6 Å². The first-order chi connectivity index (χ1) is 12.5. The molecule has 154 valence electrons. The van der Waals surface area contributed by atoms with E-state index >= 15 is 0 Å². The zero-order chi connectivity index (χ0) is 18.3. The number of carbonyl (C=O) groups is 1. The van der Waals surface area contributed by atoms with Gasteiger partial charge in [-0.15, -0.1) is 35.0 Å². The highest BCUT2D eigenvalue weighted by atomic mass is 35.5. The molecule has 0 saturated heterocycles. The number of halogens is 3. The maximum Gasteiger partial charge on any atom is 0.243 e. The largest absolute Gasteiger partial charge is 0.331 e. The predicted molar refractivity (Wildman–Crippen MR) is 114 cm³/mol. The minimum atomic E-state index is -0.0448. The third-order valence-electron chi connectivity index (χ3n) is 6.12. The van der Waals surface area contributed by atoms with Gasteiger partial charge in [0.25, 0.3) is 0 Å². The van der Waals surface area contributed by atoms with Crippen molar-refractivity contribution in [1.29, 1.82) is 0 Å². The van der Waals surface area contributed by atoms with E-state index < -0.39 is 0 Å². The number of hydrogen-bond acceptors (Lipinski definition) is 4. The van der Waals surface area contributed by atoms with Gasteiger partial charge in [-0.1, -0.05) is 23.7 Å². The van der Waals surface area contributed by atoms with Crippen LogP contribution in [0.5, 0.6) is 0 Å². The second kappa shape index (κ2) is 8.99. The molecule has 1 aromatic carbocycles. The molecule has 1 aliphatic heterocycles. The molecule has 0 bridgehead atoms. The van der Waals surface area contributed by atoms with Gasteiger partial charge >= 0.3 is 0 Å². The van der Waals surface area contributed by atoms with Crippen LogP contribution in [0.2, 0.25) is 5.02 Å². The van der Waals surface area contributed by atoms with Crippen LogP contribution >= 0.6 is 36.4 Å². The molecule has 0 unspecified atom stereocenters. The maximum absolute atomic E-state index is 12.7. The SMILES string of the molecule is Cc1nnc2n1CC(=O)N([C@H]1CC[C@](CN)(c3cccc(Cl)c3)CC1)C2.Cl.Cl. The van der Waals surface area contributed by atoms with E-state index in [4.69, 9.17) is 17.3 Å². The van der Waals surface area contributed by atoms with Crippen molar-refractivity contribution < 1.29 is 4.79 Å². The number of aryl methyl sites for hydroxylation is 1. The lowest BCUT2D eigenvalue weighted by Crippen LogP contribution is -2.50. The Kier molecular flexibility index (Phi) is 7.37. The summed E-state index contributed by atoms with van der Waals surface area (Å²) in [4.78, 5) is 14.6. The number of fused-ring (bicyclic) bond motifs is 1. The minimum Gasteiger partial charge on any atom is -0.331 e. The van der Waals surface area contributed by atoms with E-state index in [1.54, 1.807) is 0 Å². The van der Waals surface area contributed by atoms with Crippen LogP contribution in [0.1, 0.15) is 42.9 Å². The maximum atomic E-state index is 12.7. The van der Waals surface area contributed by atoms with Crippen LogP contribution in [0, 0.1) is 6.92 Å². The van der Waals surface area contributed by atoms with Crippen molar-refractivity contribution in [1.82, 2.24) is 19.7 Å². The molecule has 2 heterocycles. The molecule has 1 saturated carbocycles. The first kappa shape index (κ1) is 22.9. The van der Waals surface area contributed by atoms with Gasteiger partial charge in [-0.25, -0.2) is 0 Å². The van der Waals surface area contributed by atoms with Crippen molar-refractivity contribution in [3.63, 3.8) is 0 Å². The Morgan fingerprint density at radius 1 is 1.21 bits per heavy atom. The van der Waals surface area contributed by atoms with E-state index in [2.05, 4.69) is 16.3 Å². The van der Waals surface area contributed by atoms with Crippen molar-refractivity contribution >= 4 is 42.3 Å². The van der Waals surface area contributed by atoms with Gasteiger partial charge in [0.05, 0.1) is 6.54 Å². The summed E-state index contributed by atoms with van der Waals surface area (Å²) in [7, 11) is 0. The molecule has 1 amide bonds. The van der Waals surface area contributed by atoms with Gasteiger partial charge in [-0.05, 0) is 50.3 Å². The number of rotatable bonds is 3. The highest BCUT2D eigenvalue weighted by Gasteiger charge is 2.40. The first-order valence-electron chi connectivity index (χ1n) is 9.17. The van der Waals surface area contributed by atoms with Crippen molar-refractivity contribution in [3.8, 4) is 0 Å². The van der Waals surface area contributed by atoms with E-state index in [0.717, 1.165) is 42.4 Å². The lowest BCUT2D eigenvalue weighted by atomic mass is 9.68. The normalized spacial score (nSPS) is 24.2. The van der Waals surface area contributed by atoms with Gasteiger partial charge in [0.15, 0.2) is 5.82 Å². The zero-order valence-corrected chi connectivity index (χ0v) is 18.2. The Hall–Kier alpha value is -1.34. The standard InChI is InChI=1S/C19H24ClN5O.2ClH/c1-13-22-23-17-10-25(18(26)11-24(13)17)16-5-7-19(12-21,8-6-16)14-3-2-4-15(20)9-14;;/h2-4,9,16H,5-8,10-12,21H2,1H3;2*1H/t16-,19-;;. The monoisotopic (exact) mass is 445 g/mol. The number of amides is 1. The Labute approximate surface area is 182 Å². The van der Waals surface area contributed by atoms with Crippen LogP contribution in [0.15, 0.2) is 24.3 Å². The fourth-order valence-electron chi connectivity index (χ4n) is 4.44. The summed E-state index contributed by atoms with van der Waals surface area (Å²) < 4.78 is 1.91. The van der Waals surface area contributed by atoms with Crippen molar-refractivity contribution in [2.45, 2.75) is 57.2 Å². The number of hydrogen-bond donors (Lipinski definition) is 1. The molecule has 1 aromatic heterocycles. The minimum absolute atomic E-state index is 0. The van der Waals surface area contributed by atoms with Crippen LogP contribution in [0.25, 0.3) is 0 Å². The van der Waals surface area contributed by atoms with Crippen molar-refractivity contribution in [2.24, 2.45) is 5.73 Å². The third-order valence-corrected chi connectivity index (χ3v) is 6.35. The average molecular weight is 447 g/mol. The van der Waals surface area contributed by atoms with Gasteiger partial charge in [-0.2, -0.15) is 0 Å². The molecule has 1 aliphatic carbocycles. The third kappa shape index (κ3) is 4.01. The molecule has 2 aromatic rings. The van der Waals surface area contributed by atoms with E-state index in [-0.39, 0.29) is 42.2 Å². The summed E-state index contributed by atoms with van der Waals surface area (Å²) in [6, 6.07) is 8.28. The van der Waals surface area contributed by atoms with E-state index in [0.29, 0.717) is 19.6 Å². The summed E-state index contributed by atoms with van der Waals surface area (Å²) >= 11 is 6.19. The van der Waals surface area contributed by atoms with Crippen molar-refractivity contribution in [3.05, 3.63) is 46.5 Å². The quantitative estimate of drug-likeness (QED) is 0.785. The first-order valence-corrected chi connectivity index (χ1v) is 9.54. The molecule has 6 nitrogen and oxygen atoms in total. The van der Waals surface area contributed by atoms with Gasteiger partial charge < -0.3 is 15.2 Å². The Morgan fingerprint density at radius 3 is 2.57 bits per heavy atom. The molecule has 0 spiro atoms. The lowest BCUT2D eigenvalue weighted by molar-refractivity contribution is -0.138. The summed E-state index contributed by atoms with van der Waals surface area (Å²) in [6.45, 7) is 3.39. The second-order valence-electron chi connectivity index (χ2n) is 7.50. The number of aromatic nitrogens is 3. The van der Waals surface area contributed by atoms with Crippen molar-refractivity contribution in [2.75, 3.05) is 6.54 Å². The molecular weight excluding hydrogens is 421 g/mol. The molecule has 1 fully saturated rings. The molecule has 0 radical (unpaired) electrons. The second-order valence-corrected chi connectivity index (χ2v) is 7.93. The molecule has 28 heavy (non-hydrogen) atoms. The molecule has 4 rings (SSSR count). The number of nitrogens with two attached hydrogens (primary N) is 1. The fourth-order valence-corrected chi connectivity index (χ4v) is 4.63. The molecule has 2 N–H and O–H groups in total. The summed E-state index contributed by atoms with van der Waals surface area (Å²) in [6.07, 6.45) is 3.82. The summed E-state index contributed by atoms with van der Waals surface area (Å²) in [5, 5.41) is 9.07. The highest BCUT2D eigenvalue weighted by molar-refractivity contribution is 6.30. The molecule has 0 atom stereocenters. The van der Waals surface area contributed by atoms with E-state index in [9.17, 15) is 4.79 Å². The van der Waals surface area contributed by atoms with Crippen LogP contribution < -0.4 is 5.73 Å². The smallest absolute Gasteiger partial charge is 0.243 e.